The van der Waals surface area contributed by atoms with Gasteiger partial charge in [-0.15, -0.1) is 12.4 Å². The molecule has 0 aliphatic carbocycles. The maximum atomic E-state index is 14.2. The van der Waals surface area contributed by atoms with E-state index in [1.165, 1.54) is 13.2 Å². The minimum Gasteiger partial charge on any atom is -0.494 e. The summed E-state index contributed by atoms with van der Waals surface area (Å²) < 4.78 is 37.9. The summed E-state index contributed by atoms with van der Waals surface area (Å²) in [7, 11) is 1.30. The van der Waals surface area contributed by atoms with Crippen LogP contribution in [-0.4, -0.2) is 19.8 Å². The Bertz CT molecular complexity index is 523. The number of carbonyl (C=O) groups is 1. The van der Waals surface area contributed by atoms with Crippen molar-refractivity contribution in [3.8, 4) is 5.75 Å². The highest BCUT2D eigenvalue weighted by molar-refractivity contribution is 5.85. The van der Waals surface area contributed by atoms with E-state index >= 15 is 0 Å². The molecule has 1 heterocycles. The van der Waals surface area contributed by atoms with Gasteiger partial charge in [-0.3, -0.25) is 0 Å². The van der Waals surface area contributed by atoms with Crippen LogP contribution in [0.15, 0.2) is 12.1 Å². The summed E-state index contributed by atoms with van der Waals surface area (Å²) >= 11 is 0. The lowest BCUT2D eigenvalue weighted by molar-refractivity contribution is 0.0366. The Morgan fingerprint density at radius 3 is 2.65 bits per heavy atom. The molecule has 0 aromatic heterocycles. The first-order valence-electron chi connectivity index (χ1n) is 5.82. The van der Waals surface area contributed by atoms with Crippen molar-refractivity contribution in [1.82, 2.24) is 5.32 Å². The molecule has 0 radical (unpaired) electrons. The fraction of sp³-hybridized carbons (Fsp3) is 0.462. The molecule has 1 atom stereocenters. The van der Waals surface area contributed by atoms with Crippen molar-refractivity contribution >= 4 is 18.5 Å². The van der Waals surface area contributed by atoms with E-state index < -0.39 is 29.2 Å². The molecule has 1 aliphatic heterocycles. The number of hydrogen-bond donors (Lipinski definition) is 1. The summed E-state index contributed by atoms with van der Waals surface area (Å²) in [5, 5.41) is 2.46. The average Bonchev–Trinajstić information content (AvgIpc) is 2.34. The highest BCUT2D eigenvalue weighted by atomic mass is 35.5. The van der Waals surface area contributed by atoms with E-state index in [1.54, 1.807) is 13.8 Å². The molecule has 1 N–H and O–H groups in total. The van der Waals surface area contributed by atoms with Crippen molar-refractivity contribution in [2.75, 3.05) is 13.7 Å². The molecule has 4 nitrogen and oxygen atoms in total. The number of methoxy groups -OCH3 is 1. The predicted molar refractivity (Wildman–Crippen MR) is 71.2 cm³/mol. The van der Waals surface area contributed by atoms with Gasteiger partial charge in [-0.2, -0.15) is 0 Å². The summed E-state index contributed by atoms with van der Waals surface area (Å²) in [5.41, 5.74) is -0.844. The van der Waals surface area contributed by atoms with Gasteiger partial charge in [0.15, 0.2) is 11.6 Å². The number of rotatable bonds is 2. The number of nitrogens with one attached hydrogen (secondary N) is 1. The third-order valence-electron chi connectivity index (χ3n) is 3.22. The lowest BCUT2D eigenvalue weighted by Crippen LogP contribution is -2.47. The molecule has 1 fully saturated rings. The number of amides is 1. The molecule has 7 heteroatoms. The summed E-state index contributed by atoms with van der Waals surface area (Å²) in [6.07, 6.45) is -0.689. The van der Waals surface area contributed by atoms with Crippen LogP contribution in [0.2, 0.25) is 0 Å². The van der Waals surface area contributed by atoms with E-state index in [2.05, 4.69) is 5.32 Å². The summed E-state index contributed by atoms with van der Waals surface area (Å²) in [5.74, 6) is -1.59. The summed E-state index contributed by atoms with van der Waals surface area (Å²) in [6.45, 7) is 3.60. The van der Waals surface area contributed by atoms with Gasteiger partial charge in [0.2, 0.25) is 0 Å². The number of benzene rings is 1. The largest absolute Gasteiger partial charge is 0.494 e. The first kappa shape index (κ1) is 16.5. The van der Waals surface area contributed by atoms with Crippen LogP contribution in [0.3, 0.4) is 0 Å². The van der Waals surface area contributed by atoms with Gasteiger partial charge in [0.25, 0.3) is 0 Å². The second kappa shape index (κ2) is 5.83. The number of halogens is 3. The standard InChI is InChI=1S/C13H15F2NO3.ClH/c1-13(2)6-19-12(17)16-11(13)9-7(14)4-5-8(18-3)10(9)15;/h4-5,11H,6H2,1-3H3,(H,16,17);1H/t11-;/m0./s1. The third-order valence-corrected chi connectivity index (χ3v) is 3.22. The zero-order valence-electron chi connectivity index (χ0n) is 11.3. The Kier molecular flexibility index (Phi) is 4.81. The van der Waals surface area contributed by atoms with Gasteiger partial charge >= 0.3 is 6.09 Å². The number of ether oxygens (including phenoxy) is 2. The fourth-order valence-electron chi connectivity index (χ4n) is 2.12. The topological polar surface area (TPSA) is 47.6 Å². The van der Waals surface area contributed by atoms with Crippen LogP contribution in [0.25, 0.3) is 0 Å². The molecule has 112 valence electrons. The number of alkyl carbamates (subject to hydrolysis) is 1. The van der Waals surface area contributed by atoms with E-state index in [-0.39, 0.29) is 30.3 Å². The molecular weight excluding hydrogens is 292 g/mol. The van der Waals surface area contributed by atoms with Gasteiger partial charge in [0, 0.05) is 5.41 Å². The second-order valence-corrected chi connectivity index (χ2v) is 5.12. The monoisotopic (exact) mass is 307 g/mol. The van der Waals surface area contributed by atoms with Gasteiger partial charge in [-0.05, 0) is 12.1 Å². The summed E-state index contributed by atoms with van der Waals surface area (Å²) in [4.78, 5) is 11.3. The average molecular weight is 308 g/mol. The number of cyclic esters (lactones) is 1. The van der Waals surface area contributed by atoms with E-state index in [9.17, 15) is 13.6 Å². The van der Waals surface area contributed by atoms with E-state index in [4.69, 9.17) is 9.47 Å². The van der Waals surface area contributed by atoms with Crippen LogP contribution in [0.5, 0.6) is 5.75 Å². The molecule has 1 amide bonds. The highest BCUT2D eigenvalue weighted by Crippen LogP contribution is 2.40. The maximum absolute atomic E-state index is 14.2. The second-order valence-electron chi connectivity index (χ2n) is 5.12. The fourth-order valence-corrected chi connectivity index (χ4v) is 2.12. The molecule has 1 saturated heterocycles. The lowest BCUT2D eigenvalue weighted by Gasteiger charge is -2.38. The summed E-state index contributed by atoms with van der Waals surface area (Å²) in [6, 6.07) is 1.51. The molecule has 0 unspecified atom stereocenters. The Hall–Kier alpha value is -1.56. The van der Waals surface area contributed by atoms with Crippen LogP contribution in [0.4, 0.5) is 13.6 Å². The molecule has 0 bridgehead atoms. The third kappa shape index (κ3) is 2.80. The first-order chi connectivity index (χ1) is 8.86. The van der Waals surface area contributed by atoms with Gasteiger partial charge in [0.1, 0.15) is 12.4 Å². The van der Waals surface area contributed by atoms with Crippen molar-refractivity contribution in [2.24, 2.45) is 5.41 Å². The lowest BCUT2D eigenvalue weighted by atomic mass is 9.80. The van der Waals surface area contributed by atoms with Crippen LogP contribution >= 0.6 is 12.4 Å². The molecule has 0 spiro atoms. The quantitative estimate of drug-likeness (QED) is 0.912. The Labute approximate surface area is 121 Å². The molecule has 1 aliphatic rings. The molecule has 2 rings (SSSR count). The Morgan fingerprint density at radius 1 is 1.40 bits per heavy atom. The van der Waals surface area contributed by atoms with Crippen molar-refractivity contribution in [2.45, 2.75) is 19.9 Å². The number of carbonyl (C=O) groups excluding carboxylic acids is 1. The van der Waals surface area contributed by atoms with Crippen LogP contribution in [-0.2, 0) is 4.74 Å². The molecule has 1 aromatic carbocycles. The van der Waals surface area contributed by atoms with Crippen LogP contribution in [0.1, 0.15) is 25.5 Å². The maximum Gasteiger partial charge on any atom is 0.407 e. The van der Waals surface area contributed by atoms with Gasteiger partial charge in [-0.1, -0.05) is 13.8 Å². The predicted octanol–water partition coefficient (Wildman–Crippen LogP) is 3.20. The van der Waals surface area contributed by atoms with Gasteiger partial charge in [-0.25, -0.2) is 13.6 Å². The zero-order valence-corrected chi connectivity index (χ0v) is 12.1. The van der Waals surface area contributed by atoms with Gasteiger partial charge in [0.05, 0.1) is 18.7 Å². The highest BCUT2D eigenvalue weighted by Gasteiger charge is 2.41. The minimum atomic E-state index is -0.816. The van der Waals surface area contributed by atoms with Crippen LogP contribution in [0, 0.1) is 17.0 Å². The van der Waals surface area contributed by atoms with E-state index in [0.717, 1.165) is 6.07 Å². The molecular formula is C13H16ClF2NO3. The number of hydrogen-bond acceptors (Lipinski definition) is 3. The zero-order chi connectivity index (χ0) is 14.2. The van der Waals surface area contributed by atoms with Crippen molar-refractivity contribution in [3.63, 3.8) is 0 Å². The Morgan fingerprint density at radius 2 is 2.05 bits per heavy atom. The Balaban J connectivity index is 0.00000200. The van der Waals surface area contributed by atoms with E-state index in [1.807, 2.05) is 0 Å². The SMILES string of the molecule is COc1ccc(F)c([C@@H]2NC(=O)OCC2(C)C)c1F.Cl. The minimum absolute atomic E-state index is 0. The van der Waals surface area contributed by atoms with Crippen molar-refractivity contribution in [1.29, 1.82) is 0 Å². The molecule has 1 aromatic rings. The molecule has 20 heavy (non-hydrogen) atoms. The molecule has 0 saturated carbocycles. The van der Waals surface area contributed by atoms with E-state index in [0.29, 0.717) is 0 Å². The van der Waals surface area contributed by atoms with Crippen molar-refractivity contribution < 1.29 is 23.0 Å². The normalized spacial score (nSPS) is 20.4. The first-order valence-corrected chi connectivity index (χ1v) is 5.82. The smallest absolute Gasteiger partial charge is 0.407 e. The van der Waals surface area contributed by atoms with Crippen LogP contribution < -0.4 is 10.1 Å². The van der Waals surface area contributed by atoms with Gasteiger partial charge < -0.3 is 14.8 Å². The van der Waals surface area contributed by atoms with Crippen molar-refractivity contribution in [3.05, 3.63) is 29.3 Å².